The van der Waals surface area contributed by atoms with Crippen LogP contribution in [0.5, 0.6) is 5.75 Å². The molecule has 1 N–H and O–H groups in total. The maximum atomic E-state index is 12.2. The SMILES string of the molecule is CN(C)S(=O)(=O)c1ccccc1OCC1CCCNC1. The van der Waals surface area contributed by atoms with Gasteiger partial charge in [-0.3, -0.25) is 0 Å². The van der Waals surface area contributed by atoms with Gasteiger partial charge in [0.05, 0.1) is 6.61 Å². The molecule has 1 unspecified atom stereocenters. The van der Waals surface area contributed by atoms with Crippen LogP contribution in [0.2, 0.25) is 0 Å². The smallest absolute Gasteiger partial charge is 0.246 e. The van der Waals surface area contributed by atoms with Crippen molar-refractivity contribution in [2.75, 3.05) is 33.8 Å². The second-order valence-corrected chi connectivity index (χ2v) is 7.38. The van der Waals surface area contributed by atoms with Crippen LogP contribution in [0, 0.1) is 5.92 Å². The number of rotatable bonds is 5. The predicted molar refractivity (Wildman–Crippen MR) is 78.4 cm³/mol. The minimum atomic E-state index is -3.47. The summed E-state index contributed by atoms with van der Waals surface area (Å²) in [5.41, 5.74) is 0. The summed E-state index contributed by atoms with van der Waals surface area (Å²) < 4.78 is 31.4. The summed E-state index contributed by atoms with van der Waals surface area (Å²) in [6.45, 7) is 2.54. The third kappa shape index (κ3) is 3.50. The summed E-state index contributed by atoms with van der Waals surface area (Å²) in [4.78, 5) is 0.230. The van der Waals surface area contributed by atoms with Crippen molar-refractivity contribution in [1.82, 2.24) is 9.62 Å². The van der Waals surface area contributed by atoms with Crippen LogP contribution in [0.3, 0.4) is 0 Å². The number of nitrogens with one attached hydrogen (secondary N) is 1. The highest BCUT2D eigenvalue weighted by Gasteiger charge is 2.22. The topological polar surface area (TPSA) is 58.6 Å². The van der Waals surface area contributed by atoms with Gasteiger partial charge < -0.3 is 10.1 Å². The van der Waals surface area contributed by atoms with E-state index in [1.165, 1.54) is 18.4 Å². The molecule has 20 heavy (non-hydrogen) atoms. The Labute approximate surface area is 121 Å². The Morgan fingerprint density at radius 3 is 2.75 bits per heavy atom. The fraction of sp³-hybridized carbons (Fsp3) is 0.571. The Kier molecular flexibility index (Phi) is 5.01. The summed E-state index contributed by atoms with van der Waals surface area (Å²) in [6, 6.07) is 6.81. The molecule has 0 spiro atoms. The molecule has 5 nitrogen and oxygen atoms in total. The molecule has 1 heterocycles. The van der Waals surface area contributed by atoms with Crippen LogP contribution >= 0.6 is 0 Å². The fourth-order valence-electron chi connectivity index (χ4n) is 2.25. The number of ether oxygens (including phenoxy) is 1. The molecule has 1 aliphatic rings. The van der Waals surface area contributed by atoms with E-state index in [0.29, 0.717) is 18.3 Å². The lowest BCUT2D eigenvalue weighted by molar-refractivity contribution is 0.214. The normalized spacial score (nSPS) is 20.1. The van der Waals surface area contributed by atoms with Crippen molar-refractivity contribution in [2.45, 2.75) is 17.7 Å². The second kappa shape index (κ2) is 6.56. The molecule has 0 bridgehead atoms. The van der Waals surface area contributed by atoms with Gasteiger partial charge in [-0.1, -0.05) is 12.1 Å². The molecular formula is C14H22N2O3S. The Balaban J connectivity index is 2.12. The molecule has 0 aliphatic carbocycles. The first kappa shape index (κ1) is 15.3. The highest BCUT2D eigenvalue weighted by atomic mass is 32.2. The molecular weight excluding hydrogens is 276 g/mol. The molecule has 1 fully saturated rings. The molecule has 1 aliphatic heterocycles. The quantitative estimate of drug-likeness (QED) is 0.890. The van der Waals surface area contributed by atoms with Crippen LogP contribution in [0.25, 0.3) is 0 Å². The van der Waals surface area contributed by atoms with Gasteiger partial charge in [0.2, 0.25) is 10.0 Å². The van der Waals surface area contributed by atoms with Crippen LogP contribution in [-0.4, -0.2) is 46.5 Å². The molecule has 112 valence electrons. The van der Waals surface area contributed by atoms with Gasteiger partial charge in [0.15, 0.2) is 0 Å². The number of hydrogen-bond donors (Lipinski definition) is 1. The highest BCUT2D eigenvalue weighted by Crippen LogP contribution is 2.26. The van der Waals surface area contributed by atoms with E-state index < -0.39 is 10.0 Å². The molecule has 6 heteroatoms. The number of hydrogen-bond acceptors (Lipinski definition) is 4. The molecule has 1 saturated heterocycles. The van der Waals surface area contributed by atoms with Gasteiger partial charge in [0, 0.05) is 26.6 Å². The molecule has 1 aromatic carbocycles. The van der Waals surface area contributed by atoms with E-state index in [2.05, 4.69) is 5.32 Å². The Bertz CT molecular complexity index is 537. The Morgan fingerprint density at radius 2 is 2.10 bits per heavy atom. The molecule has 0 amide bonds. The van der Waals surface area contributed by atoms with Crippen molar-refractivity contribution < 1.29 is 13.2 Å². The first-order chi connectivity index (χ1) is 9.51. The Morgan fingerprint density at radius 1 is 1.35 bits per heavy atom. The van der Waals surface area contributed by atoms with Gasteiger partial charge in [0.25, 0.3) is 0 Å². The molecule has 1 aromatic rings. The summed E-state index contributed by atoms with van der Waals surface area (Å²) in [5.74, 6) is 0.880. The van der Waals surface area contributed by atoms with Crippen LogP contribution in [0.4, 0.5) is 0 Å². The summed E-state index contributed by atoms with van der Waals surface area (Å²) >= 11 is 0. The molecule has 0 radical (unpaired) electrons. The minimum absolute atomic E-state index is 0.230. The predicted octanol–water partition coefficient (Wildman–Crippen LogP) is 1.32. The van der Waals surface area contributed by atoms with Crippen LogP contribution in [0.1, 0.15) is 12.8 Å². The molecule has 0 aromatic heterocycles. The summed E-state index contributed by atoms with van der Waals surface area (Å²) in [7, 11) is -0.418. The molecule has 2 rings (SSSR count). The zero-order valence-corrected chi connectivity index (χ0v) is 12.8. The highest BCUT2D eigenvalue weighted by molar-refractivity contribution is 7.89. The number of piperidine rings is 1. The van der Waals surface area contributed by atoms with Crippen LogP contribution < -0.4 is 10.1 Å². The van der Waals surface area contributed by atoms with Gasteiger partial charge in [0.1, 0.15) is 10.6 Å². The maximum absolute atomic E-state index is 12.2. The van der Waals surface area contributed by atoms with Crippen LogP contribution in [-0.2, 0) is 10.0 Å². The first-order valence-corrected chi connectivity index (χ1v) is 8.31. The number of benzene rings is 1. The van der Waals surface area contributed by atoms with E-state index in [4.69, 9.17) is 4.74 Å². The van der Waals surface area contributed by atoms with E-state index in [0.717, 1.165) is 25.9 Å². The monoisotopic (exact) mass is 298 g/mol. The van der Waals surface area contributed by atoms with Crippen molar-refractivity contribution in [2.24, 2.45) is 5.92 Å². The third-order valence-electron chi connectivity index (χ3n) is 3.48. The van der Waals surface area contributed by atoms with E-state index in [9.17, 15) is 8.42 Å². The zero-order chi connectivity index (χ0) is 14.6. The molecule has 0 saturated carbocycles. The van der Waals surface area contributed by atoms with E-state index in [1.54, 1.807) is 24.3 Å². The zero-order valence-electron chi connectivity index (χ0n) is 12.0. The van der Waals surface area contributed by atoms with Gasteiger partial charge in [-0.05, 0) is 31.5 Å². The summed E-state index contributed by atoms with van der Waals surface area (Å²) in [5, 5.41) is 3.33. The van der Waals surface area contributed by atoms with Crippen molar-refractivity contribution in [3.63, 3.8) is 0 Å². The fourth-order valence-corrected chi connectivity index (χ4v) is 3.28. The second-order valence-electron chi connectivity index (χ2n) is 5.26. The number of nitrogens with zero attached hydrogens (tertiary/aromatic N) is 1. The van der Waals surface area contributed by atoms with Crippen molar-refractivity contribution >= 4 is 10.0 Å². The van der Waals surface area contributed by atoms with Crippen LogP contribution in [0.15, 0.2) is 29.2 Å². The largest absolute Gasteiger partial charge is 0.492 e. The van der Waals surface area contributed by atoms with E-state index >= 15 is 0 Å². The number of para-hydroxylation sites is 1. The van der Waals surface area contributed by atoms with Gasteiger partial charge in [-0.25, -0.2) is 12.7 Å². The van der Waals surface area contributed by atoms with Crippen molar-refractivity contribution in [3.8, 4) is 5.75 Å². The standard InChI is InChI=1S/C14H22N2O3S/c1-16(2)20(17,18)14-8-4-3-7-13(14)19-11-12-6-5-9-15-10-12/h3-4,7-8,12,15H,5-6,9-11H2,1-2H3. The van der Waals surface area contributed by atoms with E-state index in [1.807, 2.05) is 0 Å². The van der Waals surface area contributed by atoms with Crippen molar-refractivity contribution in [1.29, 1.82) is 0 Å². The first-order valence-electron chi connectivity index (χ1n) is 6.87. The summed E-state index contributed by atoms with van der Waals surface area (Å²) in [6.07, 6.45) is 2.27. The average molecular weight is 298 g/mol. The number of sulfonamides is 1. The third-order valence-corrected chi connectivity index (χ3v) is 5.34. The van der Waals surface area contributed by atoms with E-state index in [-0.39, 0.29) is 4.90 Å². The maximum Gasteiger partial charge on any atom is 0.246 e. The Hall–Kier alpha value is -1.11. The minimum Gasteiger partial charge on any atom is -0.492 e. The molecule has 1 atom stereocenters. The van der Waals surface area contributed by atoms with Crippen molar-refractivity contribution in [3.05, 3.63) is 24.3 Å². The van der Waals surface area contributed by atoms with Gasteiger partial charge in [-0.2, -0.15) is 0 Å². The van der Waals surface area contributed by atoms with Gasteiger partial charge >= 0.3 is 0 Å². The lowest BCUT2D eigenvalue weighted by Crippen LogP contribution is -2.33. The van der Waals surface area contributed by atoms with Gasteiger partial charge in [-0.15, -0.1) is 0 Å². The average Bonchev–Trinajstić information content (AvgIpc) is 2.46. The lowest BCUT2D eigenvalue weighted by atomic mass is 10.0. The lowest BCUT2D eigenvalue weighted by Gasteiger charge is -2.23.